The first-order chi connectivity index (χ1) is 7.16. The van der Waals surface area contributed by atoms with Crippen molar-refractivity contribution in [3.8, 4) is 0 Å². The molecular weight excluding hydrogens is 186 g/mol. The van der Waals surface area contributed by atoms with Crippen LogP contribution in [-0.2, 0) is 6.54 Å². The molecule has 3 heteroatoms. The van der Waals surface area contributed by atoms with E-state index in [1.165, 1.54) is 16.7 Å². The predicted molar refractivity (Wildman–Crippen MR) is 61.7 cm³/mol. The summed E-state index contributed by atoms with van der Waals surface area (Å²) in [7, 11) is 0. The summed E-state index contributed by atoms with van der Waals surface area (Å²) in [6.45, 7) is 5.04. The zero-order chi connectivity index (χ0) is 10.8. The standard InChI is InChI=1S/C12H15N3/c1-9-4-3-5-11(10(9)2)8-15-7-6-12(13)14-15/h3-7H,8H2,1-2H3,(H2,13,14). The lowest BCUT2D eigenvalue weighted by Crippen LogP contribution is -2.03. The fourth-order valence-electron chi connectivity index (χ4n) is 1.62. The van der Waals surface area contributed by atoms with Gasteiger partial charge in [0, 0.05) is 6.20 Å². The fraction of sp³-hybridized carbons (Fsp3) is 0.250. The van der Waals surface area contributed by atoms with Crippen LogP contribution in [0.15, 0.2) is 30.5 Å². The summed E-state index contributed by atoms with van der Waals surface area (Å²) in [6.07, 6.45) is 1.90. The highest BCUT2D eigenvalue weighted by molar-refractivity contribution is 5.33. The molecule has 0 radical (unpaired) electrons. The minimum atomic E-state index is 0.570. The molecule has 1 heterocycles. The summed E-state index contributed by atoms with van der Waals surface area (Å²) >= 11 is 0. The molecule has 0 spiro atoms. The van der Waals surface area contributed by atoms with Crippen molar-refractivity contribution in [3.63, 3.8) is 0 Å². The average molecular weight is 201 g/mol. The number of anilines is 1. The Morgan fingerprint density at radius 2 is 2.07 bits per heavy atom. The Morgan fingerprint density at radius 1 is 1.27 bits per heavy atom. The highest BCUT2D eigenvalue weighted by Crippen LogP contribution is 2.13. The second-order valence-corrected chi connectivity index (χ2v) is 3.80. The van der Waals surface area contributed by atoms with Gasteiger partial charge in [0.25, 0.3) is 0 Å². The number of hydrogen-bond acceptors (Lipinski definition) is 2. The molecule has 0 saturated carbocycles. The molecule has 0 amide bonds. The van der Waals surface area contributed by atoms with Gasteiger partial charge < -0.3 is 5.73 Å². The molecule has 2 aromatic rings. The number of hydrogen-bond donors (Lipinski definition) is 1. The van der Waals surface area contributed by atoms with Crippen LogP contribution in [0.2, 0.25) is 0 Å². The monoisotopic (exact) mass is 201 g/mol. The van der Waals surface area contributed by atoms with Gasteiger partial charge in [-0.05, 0) is 36.6 Å². The largest absolute Gasteiger partial charge is 0.382 e. The lowest BCUT2D eigenvalue weighted by molar-refractivity contribution is 0.687. The van der Waals surface area contributed by atoms with Gasteiger partial charge in [-0.1, -0.05) is 18.2 Å². The van der Waals surface area contributed by atoms with Gasteiger partial charge in [-0.15, -0.1) is 0 Å². The van der Waals surface area contributed by atoms with E-state index < -0.39 is 0 Å². The van der Waals surface area contributed by atoms with E-state index in [1.54, 1.807) is 0 Å². The van der Waals surface area contributed by atoms with Crippen molar-refractivity contribution in [2.45, 2.75) is 20.4 Å². The van der Waals surface area contributed by atoms with Crippen LogP contribution in [0.25, 0.3) is 0 Å². The third kappa shape index (κ3) is 2.01. The van der Waals surface area contributed by atoms with E-state index in [0.29, 0.717) is 5.82 Å². The molecule has 78 valence electrons. The summed E-state index contributed by atoms with van der Waals surface area (Å²) in [6, 6.07) is 8.13. The first-order valence-corrected chi connectivity index (χ1v) is 5.01. The van der Waals surface area contributed by atoms with Crippen molar-refractivity contribution in [2.75, 3.05) is 5.73 Å². The maximum absolute atomic E-state index is 5.57. The zero-order valence-electron chi connectivity index (χ0n) is 9.07. The molecule has 1 aromatic heterocycles. The van der Waals surface area contributed by atoms with E-state index in [-0.39, 0.29) is 0 Å². The number of benzene rings is 1. The van der Waals surface area contributed by atoms with E-state index >= 15 is 0 Å². The maximum atomic E-state index is 5.57. The molecule has 0 fully saturated rings. The number of nitrogens with zero attached hydrogens (tertiary/aromatic N) is 2. The molecule has 0 aliphatic heterocycles. The molecule has 2 rings (SSSR count). The van der Waals surface area contributed by atoms with Gasteiger partial charge >= 0.3 is 0 Å². The van der Waals surface area contributed by atoms with Crippen LogP contribution in [0.4, 0.5) is 5.82 Å². The number of aromatic nitrogens is 2. The molecule has 2 N–H and O–H groups in total. The third-order valence-electron chi connectivity index (χ3n) is 2.71. The second-order valence-electron chi connectivity index (χ2n) is 3.80. The van der Waals surface area contributed by atoms with Crippen LogP contribution in [0.5, 0.6) is 0 Å². The van der Waals surface area contributed by atoms with Gasteiger partial charge in [-0.25, -0.2) is 0 Å². The highest BCUT2D eigenvalue weighted by atomic mass is 15.3. The van der Waals surface area contributed by atoms with Crippen molar-refractivity contribution >= 4 is 5.82 Å². The van der Waals surface area contributed by atoms with Gasteiger partial charge in [-0.3, -0.25) is 4.68 Å². The lowest BCUT2D eigenvalue weighted by Gasteiger charge is -2.08. The van der Waals surface area contributed by atoms with Crippen molar-refractivity contribution < 1.29 is 0 Å². The van der Waals surface area contributed by atoms with Crippen LogP contribution in [-0.4, -0.2) is 9.78 Å². The Labute approximate surface area is 89.5 Å². The molecule has 0 atom stereocenters. The van der Waals surface area contributed by atoms with Crippen LogP contribution < -0.4 is 5.73 Å². The summed E-state index contributed by atoms with van der Waals surface area (Å²) in [4.78, 5) is 0. The van der Waals surface area contributed by atoms with Crippen molar-refractivity contribution in [1.82, 2.24) is 9.78 Å². The molecule has 0 aliphatic carbocycles. The maximum Gasteiger partial charge on any atom is 0.145 e. The molecule has 0 unspecified atom stereocenters. The molecule has 0 aliphatic rings. The van der Waals surface area contributed by atoms with Crippen molar-refractivity contribution in [1.29, 1.82) is 0 Å². The van der Waals surface area contributed by atoms with Crippen LogP contribution in [0.1, 0.15) is 16.7 Å². The van der Waals surface area contributed by atoms with E-state index in [1.807, 2.05) is 16.9 Å². The van der Waals surface area contributed by atoms with Gasteiger partial charge in [0.1, 0.15) is 5.82 Å². The topological polar surface area (TPSA) is 43.8 Å². The lowest BCUT2D eigenvalue weighted by atomic mass is 10.0. The number of nitrogen functional groups attached to an aromatic ring is 1. The number of nitrogens with two attached hydrogens (primary N) is 1. The molecule has 3 nitrogen and oxygen atoms in total. The van der Waals surface area contributed by atoms with Crippen molar-refractivity contribution in [3.05, 3.63) is 47.2 Å². The Kier molecular flexibility index (Phi) is 2.46. The average Bonchev–Trinajstić information content (AvgIpc) is 2.59. The van der Waals surface area contributed by atoms with Gasteiger partial charge in [0.15, 0.2) is 0 Å². The Hall–Kier alpha value is -1.77. The number of aryl methyl sites for hydroxylation is 1. The van der Waals surface area contributed by atoms with Gasteiger partial charge in [0.05, 0.1) is 6.54 Å². The second kappa shape index (κ2) is 3.77. The molecular formula is C12H15N3. The molecule has 0 bridgehead atoms. The van der Waals surface area contributed by atoms with Crippen LogP contribution in [0, 0.1) is 13.8 Å². The Balaban J connectivity index is 2.28. The smallest absolute Gasteiger partial charge is 0.145 e. The third-order valence-corrected chi connectivity index (χ3v) is 2.71. The highest BCUT2D eigenvalue weighted by Gasteiger charge is 2.02. The fourth-order valence-corrected chi connectivity index (χ4v) is 1.62. The Morgan fingerprint density at radius 3 is 2.73 bits per heavy atom. The first-order valence-electron chi connectivity index (χ1n) is 5.01. The first kappa shape index (κ1) is 9.77. The minimum Gasteiger partial charge on any atom is -0.382 e. The summed E-state index contributed by atoms with van der Waals surface area (Å²) in [5, 5.41) is 4.17. The molecule has 15 heavy (non-hydrogen) atoms. The van der Waals surface area contributed by atoms with Crippen molar-refractivity contribution in [2.24, 2.45) is 0 Å². The van der Waals surface area contributed by atoms with Crippen LogP contribution >= 0.6 is 0 Å². The minimum absolute atomic E-state index is 0.570. The van der Waals surface area contributed by atoms with Gasteiger partial charge in [-0.2, -0.15) is 5.10 Å². The summed E-state index contributed by atoms with van der Waals surface area (Å²) in [5.74, 6) is 0.570. The molecule has 1 aromatic carbocycles. The SMILES string of the molecule is Cc1cccc(Cn2ccc(N)n2)c1C. The van der Waals surface area contributed by atoms with E-state index in [2.05, 4.69) is 37.1 Å². The normalized spacial score (nSPS) is 10.5. The summed E-state index contributed by atoms with van der Waals surface area (Å²) in [5.41, 5.74) is 9.50. The number of rotatable bonds is 2. The van der Waals surface area contributed by atoms with Gasteiger partial charge in [0.2, 0.25) is 0 Å². The zero-order valence-corrected chi connectivity index (χ0v) is 9.07. The van der Waals surface area contributed by atoms with Crippen LogP contribution in [0.3, 0.4) is 0 Å². The summed E-state index contributed by atoms with van der Waals surface area (Å²) < 4.78 is 1.86. The predicted octanol–water partition coefficient (Wildman–Crippen LogP) is 2.13. The quantitative estimate of drug-likeness (QED) is 0.808. The molecule has 0 saturated heterocycles. The Bertz CT molecular complexity index is 471. The van der Waals surface area contributed by atoms with E-state index in [9.17, 15) is 0 Å². The van der Waals surface area contributed by atoms with E-state index in [0.717, 1.165) is 6.54 Å². The van der Waals surface area contributed by atoms with E-state index in [4.69, 9.17) is 5.73 Å².